The topological polar surface area (TPSA) is 44.7 Å². The molecule has 2 aromatic rings. The normalized spacial score (nSPS) is 11.1. The summed E-state index contributed by atoms with van der Waals surface area (Å²) in [7, 11) is 3.97. The Morgan fingerprint density at radius 3 is 2.35 bits per heavy atom. The van der Waals surface area contributed by atoms with E-state index < -0.39 is 0 Å². The highest BCUT2D eigenvalue weighted by molar-refractivity contribution is 5.94. The first-order chi connectivity index (χ1) is 11.1. The van der Waals surface area contributed by atoms with E-state index in [1.807, 2.05) is 49.3 Å². The molecule has 0 saturated heterocycles. The molecule has 0 aliphatic heterocycles. The minimum atomic E-state index is -0.384. The lowest BCUT2D eigenvalue weighted by Gasteiger charge is -2.11. The molecule has 0 saturated carbocycles. The molecule has 0 aliphatic carbocycles. The number of anilines is 1. The lowest BCUT2D eigenvalue weighted by atomic mass is 10.2. The van der Waals surface area contributed by atoms with Crippen molar-refractivity contribution in [2.24, 2.45) is 5.10 Å². The lowest BCUT2D eigenvalue weighted by molar-refractivity contribution is 0.0955. The standard InChI is InChI=1S/C18H18FN3O/c1-22(2)17-11-5-14(6-12-17)4-3-13-20-21-18(23)15-7-9-16(19)10-8-15/h3-13H,1-2H3,(H,21,23)/b4-3+,20-13+. The number of hydrogen-bond acceptors (Lipinski definition) is 3. The van der Waals surface area contributed by atoms with Gasteiger partial charge in [-0.1, -0.05) is 18.2 Å². The summed E-state index contributed by atoms with van der Waals surface area (Å²) >= 11 is 0. The van der Waals surface area contributed by atoms with E-state index in [4.69, 9.17) is 0 Å². The van der Waals surface area contributed by atoms with Crippen LogP contribution in [0.5, 0.6) is 0 Å². The zero-order chi connectivity index (χ0) is 16.7. The van der Waals surface area contributed by atoms with E-state index in [1.54, 1.807) is 6.08 Å². The Bertz CT molecular complexity index is 704. The van der Waals surface area contributed by atoms with Gasteiger partial charge in [-0.05, 0) is 48.0 Å². The number of allylic oxidation sites excluding steroid dienone is 1. The molecule has 0 heterocycles. The van der Waals surface area contributed by atoms with Crippen molar-refractivity contribution in [1.82, 2.24) is 5.43 Å². The predicted octanol–water partition coefficient (Wildman–Crippen LogP) is 3.32. The summed E-state index contributed by atoms with van der Waals surface area (Å²) in [6.45, 7) is 0. The van der Waals surface area contributed by atoms with Crippen LogP contribution in [-0.2, 0) is 0 Å². The van der Waals surface area contributed by atoms with Crippen molar-refractivity contribution in [2.45, 2.75) is 0 Å². The van der Waals surface area contributed by atoms with Crippen molar-refractivity contribution in [3.63, 3.8) is 0 Å². The maximum atomic E-state index is 12.8. The molecule has 4 nitrogen and oxygen atoms in total. The number of hydrogen-bond donors (Lipinski definition) is 1. The Morgan fingerprint density at radius 1 is 1.09 bits per heavy atom. The second-order valence-corrected chi connectivity index (χ2v) is 5.07. The fourth-order valence-electron chi connectivity index (χ4n) is 1.84. The van der Waals surface area contributed by atoms with Crippen LogP contribution in [0.4, 0.5) is 10.1 Å². The molecule has 0 spiro atoms. The first-order valence-electron chi connectivity index (χ1n) is 7.09. The minimum Gasteiger partial charge on any atom is -0.378 e. The third kappa shape index (κ3) is 5.07. The van der Waals surface area contributed by atoms with Gasteiger partial charge in [-0.3, -0.25) is 4.79 Å². The van der Waals surface area contributed by atoms with Crippen molar-refractivity contribution in [2.75, 3.05) is 19.0 Å². The fourth-order valence-corrected chi connectivity index (χ4v) is 1.84. The average molecular weight is 311 g/mol. The zero-order valence-corrected chi connectivity index (χ0v) is 13.0. The smallest absolute Gasteiger partial charge is 0.271 e. The molecule has 0 aromatic heterocycles. The Kier molecular flexibility index (Phi) is 5.63. The number of rotatable bonds is 5. The van der Waals surface area contributed by atoms with Crippen molar-refractivity contribution in [1.29, 1.82) is 0 Å². The number of amides is 1. The molecule has 1 amide bonds. The monoisotopic (exact) mass is 311 g/mol. The van der Waals surface area contributed by atoms with Gasteiger partial charge in [0.2, 0.25) is 0 Å². The number of carbonyl (C=O) groups excluding carboxylic acids is 1. The van der Waals surface area contributed by atoms with Crippen LogP contribution in [0.1, 0.15) is 15.9 Å². The molecule has 118 valence electrons. The van der Waals surface area contributed by atoms with Crippen LogP contribution in [0.25, 0.3) is 6.08 Å². The van der Waals surface area contributed by atoms with Crippen molar-refractivity contribution in [3.05, 3.63) is 71.6 Å². The van der Waals surface area contributed by atoms with Gasteiger partial charge in [0.05, 0.1) is 0 Å². The zero-order valence-electron chi connectivity index (χ0n) is 13.0. The van der Waals surface area contributed by atoms with Crippen LogP contribution in [0.2, 0.25) is 0 Å². The van der Waals surface area contributed by atoms with E-state index in [0.29, 0.717) is 5.56 Å². The third-order valence-electron chi connectivity index (χ3n) is 3.13. The Balaban J connectivity index is 1.86. The summed E-state index contributed by atoms with van der Waals surface area (Å²) in [5.74, 6) is -0.766. The number of nitrogens with one attached hydrogen (secondary N) is 1. The van der Waals surface area contributed by atoms with E-state index in [0.717, 1.165) is 11.3 Å². The maximum Gasteiger partial charge on any atom is 0.271 e. The highest BCUT2D eigenvalue weighted by Gasteiger charge is 2.02. The van der Waals surface area contributed by atoms with Gasteiger partial charge in [-0.2, -0.15) is 5.10 Å². The molecule has 0 unspecified atom stereocenters. The molecule has 0 fully saturated rings. The summed E-state index contributed by atoms with van der Waals surface area (Å²) in [5, 5.41) is 3.82. The number of carbonyl (C=O) groups is 1. The number of halogens is 1. The SMILES string of the molecule is CN(C)c1ccc(/C=C/C=N/NC(=O)c2ccc(F)cc2)cc1. The van der Waals surface area contributed by atoms with E-state index in [9.17, 15) is 9.18 Å². The summed E-state index contributed by atoms with van der Waals surface area (Å²) in [6, 6.07) is 13.3. The molecule has 0 atom stereocenters. The van der Waals surface area contributed by atoms with E-state index in [2.05, 4.69) is 10.5 Å². The van der Waals surface area contributed by atoms with Crippen LogP contribution in [0, 0.1) is 5.82 Å². The van der Waals surface area contributed by atoms with Crippen molar-refractivity contribution < 1.29 is 9.18 Å². The first-order valence-corrected chi connectivity index (χ1v) is 7.09. The average Bonchev–Trinajstić information content (AvgIpc) is 2.55. The van der Waals surface area contributed by atoms with Crippen LogP contribution in [0.3, 0.4) is 0 Å². The molecule has 0 aliphatic rings. The van der Waals surface area contributed by atoms with Crippen LogP contribution in [0.15, 0.2) is 59.7 Å². The molecule has 0 bridgehead atoms. The van der Waals surface area contributed by atoms with Gasteiger partial charge in [-0.25, -0.2) is 9.82 Å². The lowest BCUT2D eigenvalue weighted by Crippen LogP contribution is -2.17. The number of nitrogens with zero attached hydrogens (tertiary/aromatic N) is 2. The van der Waals surface area contributed by atoms with E-state index in [-0.39, 0.29) is 11.7 Å². The molecular formula is C18H18FN3O. The van der Waals surface area contributed by atoms with Gasteiger partial charge in [0, 0.05) is 31.6 Å². The van der Waals surface area contributed by atoms with E-state index in [1.165, 1.54) is 30.5 Å². The predicted molar refractivity (Wildman–Crippen MR) is 92.2 cm³/mol. The molecule has 2 aromatic carbocycles. The number of benzene rings is 2. The third-order valence-corrected chi connectivity index (χ3v) is 3.13. The van der Waals surface area contributed by atoms with E-state index >= 15 is 0 Å². The van der Waals surface area contributed by atoms with Gasteiger partial charge in [0.25, 0.3) is 5.91 Å². The highest BCUT2D eigenvalue weighted by Crippen LogP contribution is 2.12. The summed E-state index contributed by atoms with van der Waals surface area (Å²) in [4.78, 5) is 13.7. The fraction of sp³-hybridized carbons (Fsp3) is 0.111. The highest BCUT2D eigenvalue weighted by atomic mass is 19.1. The van der Waals surface area contributed by atoms with Crippen molar-refractivity contribution >= 4 is 23.9 Å². The van der Waals surface area contributed by atoms with Gasteiger partial charge in [-0.15, -0.1) is 0 Å². The maximum absolute atomic E-state index is 12.8. The summed E-state index contributed by atoms with van der Waals surface area (Å²) in [6.07, 6.45) is 5.10. The second-order valence-electron chi connectivity index (χ2n) is 5.07. The molecule has 2 rings (SSSR count). The van der Waals surface area contributed by atoms with Crippen LogP contribution >= 0.6 is 0 Å². The van der Waals surface area contributed by atoms with Gasteiger partial charge < -0.3 is 4.90 Å². The Hall–Kier alpha value is -2.95. The largest absolute Gasteiger partial charge is 0.378 e. The molecule has 23 heavy (non-hydrogen) atoms. The van der Waals surface area contributed by atoms with Crippen LogP contribution < -0.4 is 10.3 Å². The summed E-state index contributed by atoms with van der Waals surface area (Å²) in [5.41, 5.74) is 4.89. The van der Waals surface area contributed by atoms with Gasteiger partial charge >= 0.3 is 0 Å². The minimum absolute atomic E-state index is 0.354. The quantitative estimate of drug-likeness (QED) is 0.680. The Labute approximate surface area is 134 Å². The van der Waals surface area contributed by atoms with Gasteiger partial charge in [0.15, 0.2) is 0 Å². The Morgan fingerprint density at radius 2 is 1.74 bits per heavy atom. The second kappa shape index (κ2) is 7.89. The molecule has 5 heteroatoms. The first kappa shape index (κ1) is 16.4. The molecular weight excluding hydrogens is 293 g/mol. The van der Waals surface area contributed by atoms with Crippen molar-refractivity contribution in [3.8, 4) is 0 Å². The summed E-state index contributed by atoms with van der Waals surface area (Å²) < 4.78 is 12.8. The van der Waals surface area contributed by atoms with Gasteiger partial charge in [0.1, 0.15) is 5.82 Å². The molecule has 1 N–H and O–H groups in total. The number of hydrazone groups is 1. The van der Waals surface area contributed by atoms with Crippen LogP contribution in [-0.4, -0.2) is 26.2 Å². The molecule has 0 radical (unpaired) electrons.